The maximum atomic E-state index is 14.2. The van der Waals surface area contributed by atoms with E-state index in [4.69, 9.17) is 19.4 Å². The van der Waals surface area contributed by atoms with E-state index in [0.717, 1.165) is 46.6 Å². The molecule has 2 aliphatic heterocycles. The molecule has 0 spiro atoms. The van der Waals surface area contributed by atoms with Crippen LogP contribution in [0.25, 0.3) is 21.5 Å². The normalized spacial score (nSPS) is 17.7. The van der Waals surface area contributed by atoms with E-state index in [-0.39, 0.29) is 23.6 Å². The SMILES string of the molecule is C=CC(F)(F)S(=O)(=O)Nc1cc(-c2nc(N3CCOCC3)nc3c(CN4CCC(C(C)(C)O)CC4)c(C)sc23)cnc1OC. The van der Waals surface area contributed by atoms with Crippen LogP contribution in [0.3, 0.4) is 0 Å². The van der Waals surface area contributed by atoms with Crippen LogP contribution in [-0.4, -0.2) is 90.7 Å². The second-order valence-electron chi connectivity index (χ2n) is 11.6. The third kappa shape index (κ3) is 6.52. The van der Waals surface area contributed by atoms with Crippen molar-refractivity contribution in [3.05, 3.63) is 35.4 Å². The molecule has 11 nitrogen and oxygen atoms in total. The lowest BCUT2D eigenvalue weighted by Gasteiger charge is -2.37. The number of nitrogens with zero attached hydrogens (tertiary/aromatic N) is 5. The van der Waals surface area contributed by atoms with Gasteiger partial charge in [-0.2, -0.15) is 17.2 Å². The maximum absolute atomic E-state index is 14.2. The standard InChI is InChI=1S/C29H38F2N6O5S2/c1-6-29(30,31)44(39,40)35-22-15-19(16-32-26(22)41-5)23-25-24(34-27(33-23)37-11-13-42-14-12-37)21(18(2)43-25)17-36-9-7-20(8-10-36)28(3,4)38/h6,15-16,20,35,38H,1,7-14,17H2,2-5H3. The van der Waals surface area contributed by atoms with Crippen LogP contribution in [0.4, 0.5) is 20.4 Å². The molecule has 2 fully saturated rings. The second-order valence-corrected chi connectivity index (χ2v) is 14.6. The Hall–Kier alpha value is -2.98. The molecule has 240 valence electrons. The molecule has 0 radical (unpaired) electrons. The van der Waals surface area contributed by atoms with Crippen LogP contribution in [0.5, 0.6) is 5.88 Å². The molecule has 0 bridgehead atoms. The summed E-state index contributed by atoms with van der Waals surface area (Å²) < 4.78 is 66.7. The van der Waals surface area contributed by atoms with Crippen molar-refractivity contribution in [2.24, 2.45) is 5.92 Å². The number of hydrogen-bond donors (Lipinski definition) is 2. The van der Waals surface area contributed by atoms with E-state index in [9.17, 15) is 22.3 Å². The van der Waals surface area contributed by atoms with E-state index in [1.165, 1.54) is 30.7 Å². The zero-order valence-electron chi connectivity index (χ0n) is 25.3. The van der Waals surface area contributed by atoms with E-state index in [1.807, 2.05) is 30.4 Å². The number of fused-ring (bicyclic) bond motifs is 1. The molecule has 0 amide bonds. The Morgan fingerprint density at radius 3 is 2.52 bits per heavy atom. The summed E-state index contributed by atoms with van der Waals surface area (Å²) in [5.41, 5.74) is 1.79. The van der Waals surface area contributed by atoms with Gasteiger partial charge in [-0.05, 0) is 64.8 Å². The van der Waals surface area contributed by atoms with Crippen LogP contribution >= 0.6 is 11.3 Å². The van der Waals surface area contributed by atoms with Gasteiger partial charge in [-0.3, -0.25) is 9.62 Å². The topological polar surface area (TPSA) is 130 Å². The van der Waals surface area contributed by atoms with Crippen molar-refractivity contribution in [2.45, 2.75) is 51.0 Å². The van der Waals surface area contributed by atoms with Crippen LogP contribution in [0.15, 0.2) is 24.9 Å². The fraction of sp³-hybridized carbons (Fsp3) is 0.552. The Balaban J connectivity index is 1.58. The van der Waals surface area contributed by atoms with Gasteiger partial charge in [-0.15, -0.1) is 11.3 Å². The van der Waals surface area contributed by atoms with Crippen LogP contribution in [-0.2, 0) is 21.3 Å². The minimum absolute atomic E-state index is 0.0603. The third-order valence-electron chi connectivity index (χ3n) is 8.24. The molecule has 15 heteroatoms. The van der Waals surface area contributed by atoms with Crippen molar-refractivity contribution in [3.63, 3.8) is 0 Å². The van der Waals surface area contributed by atoms with E-state index in [2.05, 4.69) is 16.5 Å². The molecule has 0 atom stereocenters. The average Bonchev–Trinajstić information content (AvgIpc) is 3.31. The van der Waals surface area contributed by atoms with Gasteiger partial charge in [-0.25, -0.2) is 15.0 Å². The summed E-state index contributed by atoms with van der Waals surface area (Å²) in [5.74, 6) is 0.557. The van der Waals surface area contributed by atoms with Crippen LogP contribution in [0.1, 0.15) is 37.1 Å². The third-order valence-corrected chi connectivity index (χ3v) is 10.8. The molecule has 0 aliphatic carbocycles. The van der Waals surface area contributed by atoms with Gasteiger partial charge >= 0.3 is 15.3 Å². The Bertz CT molecular complexity index is 1630. The van der Waals surface area contributed by atoms with Gasteiger partial charge in [0.25, 0.3) is 0 Å². The number of hydrogen-bond acceptors (Lipinski definition) is 11. The van der Waals surface area contributed by atoms with Gasteiger partial charge in [0.1, 0.15) is 5.69 Å². The first-order valence-corrected chi connectivity index (χ1v) is 16.7. The number of halogens is 2. The number of piperidine rings is 1. The molecule has 0 unspecified atom stereocenters. The quantitative estimate of drug-likeness (QED) is 0.304. The minimum atomic E-state index is -5.19. The van der Waals surface area contributed by atoms with E-state index in [1.54, 1.807) is 0 Å². The van der Waals surface area contributed by atoms with Crippen molar-refractivity contribution in [2.75, 3.05) is 56.1 Å². The van der Waals surface area contributed by atoms with Gasteiger partial charge in [0.15, 0.2) is 0 Å². The summed E-state index contributed by atoms with van der Waals surface area (Å²) in [5, 5.41) is 6.27. The first kappa shape index (κ1) is 32.4. The number of sulfonamides is 1. The van der Waals surface area contributed by atoms with Gasteiger partial charge in [0.2, 0.25) is 11.8 Å². The number of morpholine rings is 1. The Morgan fingerprint density at radius 1 is 1.23 bits per heavy atom. The average molecular weight is 653 g/mol. The molecule has 5 rings (SSSR count). The van der Waals surface area contributed by atoms with Gasteiger partial charge in [0, 0.05) is 41.8 Å². The first-order chi connectivity index (χ1) is 20.7. The summed E-state index contributed by atoms with van der Waals surface area (Å²) in [6.45, 7) is 13.3. The van der Waals surface area contributed by atoms with Crippen LogP contribution in [0.2, 0.25) is 0 Å². The molecule has 3 aromatic heterocycles. The van der Waals surface area contributed by atoms with Crippen molar-refractivity contribution in [1.29, 1.82) is 0 Å². The number of alkyl halides is 2. The zero-order valence-corrected chi connectivity index (χ0v) is 26.9. The highest BCUT2D eigenvalue weighted by Crippen LogP contribution is 2.40. The predicted molar refractivity (Wildman–Crippen MR) is 167 cm³/mol. The molecule has 44 heavy (non-hydrogen) atoms. The number of thiophene rings is 1. The summed E-state index contributed by atoms with van der Waals surface area (Å²) in [6.07, 6.45) is 3.32. The summed E-state index contributed by atoms with van der Waals surface area (Å²) >= 11 is 1.52. The van der Waals surface area contributed by atoms with Gasteiger partial charge in [0.05, 0.1) is 41.8 Å². The van der Waals surface area contributed by atoms with Crippen LogP contribution in [0, 0.1) is 12.8 Å². The van der Waals surface area contributed by atoms with Gasteiger partial charge in [-0.1, -0.05) is 6.58 Å². The van der Waals surface area contributed by atoms with Crippen molar-refractivity contribution < 1.29 is 31.8 Å². The van der Waals surface area contributed by atoms with Gasteiger partial charge < -0.3 is 19.5 Å². The highest BCUT2D eigenvalue weighted by atomic mass is 32.2. The zero-order chi connectivity index (χ0) is 31.9. The lowest BCUT2D eigenvalue weighted by molar-refractivity contribution is -0.0135. The number of aliphatic hydroxyl groups is 1. The largest absolute Gasteiger partial charge is 0.480 e. The molecule has 0 saturated carbocycles. The Kier molecular flexibility index (Phi) is 9.16. The number of aromatic nitrogens is 3. The molecule has 2 N–H and O–H groups in total. The number of rotatable bonds is 10. The molecule has 2 saturated heterocycles. The number of anilines is 2. The van der Waals surface area contributed by atoms with Crippen molar-refractivity contribution in [3.8, 4) is 17.1 Å². The molecule has 5 heterocycles. The lowest BCUT2D eigenvalue weighted by atomic mass is 9.83. The lowest BCUT2D eigenvalue weighted by Crippen LogP contribution is -2.41. The number of ether oxygens (including phenoxy) is 2. The maximum Gasteiger partial charge on any atom is 0.382 e. The summed E-state index contributed by atoms with van der Waals surface area (Å²) in [7, 11) is -3.92. The Morgan fingerprint density at radius 2 is 1.91 bits per heavy atom. The minimum Gasteiger partial charge on any atom is -0.480 e. The number of methoxy groups -OCH3 is 1. The Labute approximate surface area is 260 Å². The summed E-state index contributed by atoms with van der Waals surface area (Å²) in [4.78, 5) is 19.6. The number of likely N-dealkylation sites (tertiary alicyclic amines) is 1. The smallest absolute Gasteiger partial charge is 0.382 e. The molecule has 0 aromatic carbocycles. The van der Waals surface area contributed by atoms with Crippen molar-refractivity contribution in [1.82, 2.24) is 19.9 Å². The van der Waals surface area contributed by atoms with E-state index < -0.39 is 20.9 Å². The first-order valence-electron chi connectivity index (χ1n) is 14.4. The number of pyridine rings is 1. The van der Waals surface area contributed by atoms with Crippen LogP contribution < -0.4 is 14.4 Å². The molecule has 3 aromatic rings. The molecule has 2 aliphatic rings. The fourth-order valence-corrected chi connectivity index (χ4v) is 7.48. The molecular weight excluding hydrogens is 614 g/mol. The van der Waals surface area contributed by atoms with Crippen molar-refractivity contribution >= 4 is 43.2 Å². The van der Waals surface area contributed by atoms with E-state index in [0.29, 0.717) is 50.1 Å². The fourth-order valence-electron chi connectivity index (χ4n) is 5.57. The highest BCUT2D eigenvalue weighted by molar-refractivity contribution is 7.93. The highest BCUT2D eigenvalue weighted by Gasteiger charge is 2.42. The second kappa shape index (κ2) is 12.4. The molecular formula is C29H38F2N6O5S2. The summed E-state index contributed by atoms with van der Waals surface area (Å²) in [6, 6.07) is 1.39. The predicted octanol–water partition coefficient (Wildman–Crippen LogP) is 4.41. The van der Waals surface area contributed by atoms with E-state index >= 15 is 0 Å². The number of nitrogens with one attached hydrogen (secondary N) is 1. The monoisotopic (exact) mass is 652 g/mol. The number of aryl methyl sites for hydroxylation is 1.